The van der Waals surface area contributed by atoms with E-state index in [0.717, 1.165) is 29.1 Å². The Morgan fingerprint density at radius 3 is 2.89 bits per heavy atom. The SMILES string of the molecule is O=C(NCc1nc(-c2ccncc2)cs1)NC1CC1. The molecule has 5 nitrogen and oxygen atoms in total. The van der Waals surface area contributed by atoms with Crippen molar-refractivity contribution in [2.45, 2.75) is 25.4 Å². The van der Waals surface area contributed by atoms with Gasteiger partial charge in [-0.1, -0.05) is 0 Å². The molecule has 0 bridgehead atoms. The van der Waals surface area contributed by atoms with Gasteiger partial charge in [0.05, 0.1) is 12.2 Å². The third-order valence-electron chi connectivity index (χ3n) is 2.84. The molecule has 0 aliphatic heterocycles. The van der Waals surface area contributed by atoms with Crippen LogP contribution in [-0.2, 0) is 6.54 Å². The van der Waals surface area contributed by atoms with E-state index in [1.807, 2.05) is 17.5 Å². The number of hydrogen-bond acceptors (Lipinski definition) is 4. The van der Waals surface area contributed by atoms with Gasteiger partial charge in [0.15, 0.2) is 0 Å². The average molecular weight is 274 g/mol. The van der Waals surface area contributed by atoms with E-state index in [1.165, 1.54) is 0 Å². The number of nitrogens with one attached hydrogen (secondary N) is 2. The Labute approximate surface area is 115 Å². The first kappa shape index (κ1) is 12.1. The molecule has 19 heavy (non-hydrogen) atoms. The minimum absolute atomic E-state index is 0.108. The van der Waals surface area contributed by atoms with Crippen LogP contribution in [0.2, 0.25) is 0 Å². The summed E-state index contributed by atoms with van der Waals surface area (Å²) >= 11 is 1.55. The average Bonchev–Trinajstić information content (AvgIpc) is 3.12. The van der Waals surface area contributed by atoms with Crippen molar-refractivity contribution < 1.29 is 4.79 Å². The molecule has 1 aliphatic rings. The summed E-state index contributed by atoms with van der Waals surface area (Å²) in [6.45, 7) is 0.467. The molecular formula is C13H14N4OS. The second-order valence-electron chi connectivity index (χ2n) is 4.46. The van der Waals surface area contributed by atoms with Gasteiger partial charge < -0.3 is 10.6 Å². The minimum atomic E-state index is -0.108. The molecule has 98 valence electrons. The maximum Gasteiger partial charge on any atom is 0.315 e. The maximum absolute atomic E-state index is 11.5. The van der Waals surface area contributed by atoms with E-state index < -0.39 is 0 Å². The van der Waals surface area contributed by atoms with Gasteiger partial charge in [-0.3, -0.25) is 4.98 Å². The molecule has 0 unspecified atom stereocenters. The highest BCUT2D eigenvalue weighted by Crippen LogP contribution is 2.21. The molecule has 1 saturated carbocycles. The Kier molecular flexibility index (Phi) is 3.41. The van der Waals surface area contributed by atoms with E-state index in [4.69, 9.17) is 0 Å². The highest BCUT2D eigenvalue weighted by molar-refractivity contribution is 7.09. The van der Waals surface area contributed by atoms with E-state index >= 15 is 0 Å². The second-order valence-corrected chi connectivity index (χ2v) is 5.41. The number of amides is 2. The van der Waals surface area contributed by atoms with Crippen molar-refractivity contribution >= 4 is 17.4 Å². The number of rotatable bonds is 4. The lowest BCUT2D eigenvalue weighted by molar-refractivity contribution is 0.240. The first-order chi connectivity index (χ1) is 9.31. The summed E-state index contributed by atoms with van der Waals surface area (Å²) < 4.78 is 0. The number of nitrogens with zero attached hydrogens (tertiary/aromatic N) is 2. The molecule has 2 aromatic rings. The first-order valence-corrected chi connectivity index (χ1v) is 7.08. The molecule has 2 N–H and O–H groups in total. The lowest BCUT2D eigenvalue weighted by Gasteiger charge is -2.03. The Morgan fingerprint density at radius 1 is 1.37 bits per heavy atom. The van der Waals surface area contributed by atoms with Crippen LogP contribution in [0.25, 0.3) is 11.3 Å². The third kappa shape index (κ3) is 3.29. The zero-order valence-electron chi connectivity index (χ0n) is 10.3. The number of hydrogen-bond donors (Lipinski definition) is 2. The molecule has 1 aliphatic carbocycles. The molecule has 1 fully saturated rings. The fraction of sp³-hybridized carbons (Fsp3) is 0.308. The largest absolute Gasteiger partial charge is 0.335 e. The van der Waals surface area contributed by atoms with Gasteiger partial charge in [-0.15, -0.1) is 11.3 Å². The lowest BCUT2D eigenvalue weighted by atomic mass is 10.2. The van der Waals surface area contributed by atoms with Crippen LogP contribution < -0.4 is 10.6 Å². The highest BCUT2D eigenvalue weighted by atomic mass is 32.1. The Bertz CT molecular complexity index is 565. The zero-order chi connectivity index (χ0) is 13.1. The van der Waals surface area contributed by atoms with Gasteiger partial charge in [-0.05, 0) is 25.0 Å². The van der Waals surface area contributed by atoms with Gasteiger partial charge in [0.2, 0.25) is 0 Å². The van der Waals surface area contributed by atoms with Gasteiger partial charge in [-0.2, -0.15) is 0 Å². The van der Waals surface area contributed by atoms with Crippen molar-refractivity contribution in [2.24, 2.45) is 0 Å². The van der Waals surface area contributed by atoms with Crippen LogP contribution in [0.5, 0.6) is 0 Å². The number of urea groups is 1. The van der Waals surface area contributed by atoms with Crippen molar-refractivity contribution in [1.82, 2.24) is 20.6 Å². The third-order valence-corrected chi connectivity index (χ3v) is 3.69. The summed E-state index contributed by atoms with van der Waals surface area (Å²) in [6, 6.07) is 4.12. The van der Waals surface area contributed by atoms with Crippen molar-refractivity contribution in [2.75, 3.05) is 0 Å². The topological polar surface area (TPSA) is 66.9 Å². The molecule has 0 saturated heterocycles. The predicted molar refractivity (Wildman–Crippen MR) is 73.7 cm³/mol. The molecular weight excluding hydrogens is 260 g/mol. The van der Waals surface area contributed by atoms with Gasteiger partial charge in [0.1, 0.15) is 5.01 Å². The summed E-state index contributed by atoms with van der Waals surface area (Å²) in [5, 5.41) is 8.59. The molecule has 0 aromatic carbocycles. The standard InChI is InChI=1S/C13H14N4OS/c18-13(16-10-1-2-10)15-7-12-17-11(8-19-12)9-3-5-14-6-4-9/h3-6,8,10H,1-2,7H2,(H2,15,16,18). The van der Waals surface area contributed by atoms with Gasteiger partial charge in [0.25, 0.3) is 0 Å². The van der Waals surface area contributed by atoms with Crippen LogP contribution in [0, 0.1) is 0 Å². The molecule has 3 rings (SSSR count). The molecule has 2 aromatic heterocycles. The number of aromatic nitrogens is 2. The minimum Gasteiger partial charge on any atom is -0.335 e. The first-order valence-electron chi connectivity index (χ1n) is 6.20. The number of pyridine rings is 1. The van der Waals surface area contributed by atoms with Crippen molar-refractivity contribution in [3.8, 4) is 11.3 Å². The van der Waals surface area contributed by atoms with Gasteiger partial charge in [-0.25, -0.2) is 9.78 Å². The molecule has 0 radical (unpaired) electrons. The van der Waals surface area contributed by atoms with Crippen molar-refractivity contribution in [3.63, 3.8) is 0 Å². The summed E-state index contributed by atoms with van der Waals surface area (Å²) in [6.07, 6.45) is 5.68. The highest BCUT2D eigenvalue weighted by Gasteiger charge is 2.23. The summed E-state index contributed by atoms with van der Waals surface area (Å²) in [4.78, 5) is 20.0. The molecule has 2 heterocycles. The van der Waals surface area contributed by atoms with Crippen LogP contribution >= 0.6 is 11.3 Å². The monoisotopic (exact) mass is 274 g/mol. The Balaban J connectivity index is 1.57. The summed E-state index contributed by atoms with van der Waals surface area (Å²) in [5.41, 5.74) is 1.96. The van der Waals surface area contributed by atoms with E-state index in [0.29, 0.717) is 12.6 Å². The molecule has 2 amide bonds. The van der Waals surface area contributed by atoms with Crippen LogP contribution in [-0.4, -0.2) is 22.0 Å². The molecule has 6 heteroatoms. The van der Waals surface area contributed by atoms with Crippen molar-refractivity contribution in [1.29, 1.82) is 0 Å². The van der Waals surface area contributed by atoms with E-state index in [1.54, 1.807) is 23.7 Å². The van der Waals surface area contributed by atoms with Crippen LogP contribution in [0.15, 0.2) is 29.9 Å². The van der Waals surface area contributed by atoms with Gasteiger partial charge >= 0.3 is 6.03 Å². The fourth-order valence-corrected chi connectivity index (χ4v) is 2.41. The smallest absolute Gasteiger partial charge is 0.315 e. The van der Waals surface area contributed by atoms with E-state index in [-0.39, 0.29) is 6.03 Å². The van der Waals surface area contributed by atoms with E-state index in [9.17, 15) is 4.79 Å². The summed E-state index contributed by atoms with van der Waals surface area (Å²) in [7, 11) is 0. The fourth-order valence-electron chi connectivity index (χ4n) is 1.67. The predicted octanol–water partition coefficient (Wildman–Crippen LogP) is 2.17. The normalized spacial score (nSPS) is 14.1. The number of carbonyl (C=O) groups is 1. The Hall–Kier alpha value is -1.95. The number of thiazole rings is 1. The second kappa shape index (κ2) is 5.36. The van der Waals surface area contributed by atoms with Crippen LogP contribution in [0.4, 0.5) is 4.79 Å². The lowest BCUT2D eigenvalue weighted by Crippen LogP contribution is -2.36. The zero-order valence-corrected chi connectivity index (χ0v) is 11.1. The quantitative estimate of drug-likeness (QED) is 0.898. The summed E-state index contributed by atoms with van der Waals surface area (Å²) in [5.74, 6) is 0. The van der Waals surface area contributed by atoms with Crippen LogP contribution in [0.1, 0.15) is 17.8 Å². The van der Waals surface area contributed by atoms with Crippen molar-refractivity contribution in [3.05, 3.63) is 34.9 Å². The Morgan fingerprint density at radius 2 is 2.16 bits per heavy atom. The van der Waals surface area contributed by atoms with Crippen LogP contribution in [0.3, 0.4) is 0 Å². The number of carbonyl (C=O) groups excluding carboxylic acids is 1. The molecule has 0 atom stereocenters. The maximum atomic E-state index is 11.5. The van der Waals surface area contributed by atoms with Gasteiger partial charge in [0, 0.05) is 29.4 Å². The molecule has 0 spiro atoms. The van der Waals surface area contributed by atoms with E-state index in [2.05, 4.69) is 20.6 Å².